The molecule has 2 N–H and O–H groups in total. The number of hydrogen-bond donors (Lipinski definition) is 2. The molecule has 1 amide bonds. The maximum Gasteiger partial charge on any atom is 0.306 e. The molecule has 4 aromatic rings. The van der Waals surface area contributed by atoms with Gasteiger partial charge in [-0.2, -0.15) is 0 Å². The molecule has 7 atom stereocenters. The van der Waals surface area contributed by atoms with Crippen LogP contribution in [0, 0.1) is 29.4 Å². The van der Waals surface area contributed by atoms with Gasteiger partial charge >= 0.3 is 5.97 Å². The number of methoxy groups -OCH3 is 1. The zero-order valence-corrected chi connectivity index (χ0v) is 39.6. The predicted molar refractivity (Wildman–Crippen MR) is 247 cm³/mol. The van der Waals surface area contributed by atoms with Crippen molar-refractivity contribution in [2.24, 2.45) is 17.8 Å². The van der Waals surface area contributed by atoms with E-state index in [2.05, 4.69) is 5.32 Å². The Morgan fingerprint density at radius 2 is 1.76 bits per heavy atom. The van der Waals surface area contributed by atoms with E-state index in [0.29, 0.717) is 58.2 Å². The summed E-state index contributed by atoms with van der Waals surface area (Å²) in [4.78, 5) is 80.3. The minimum Gasteiger partial charge on any atom is -0.497 e. The second kappa shape index (κ2) is 19.8. The Morgan fingerprint density at radius 1 is 1.02 bits per heavy atom. The van der Waals surface area contributed by atoms with Gasteiger partial charge < -0.3 is 29.3 Å². The monoisotopic (exact) mass is 948 g/mol. The average molecular weight is 949 g/mol. The molecule has 8 rings (SSSR count). The van der Waals surface area contributed by atoms with Gasteiger partial charge in [0.2, 0.25) is 13.3 Å². The van der Waals surface area contributed by atoms with E-state index in [-0.39, 0.29) is 56.6 Å². The molecule has 13 nitrogen and oxygen atoms in total. The Hall–Kier alpha value is -4.79. The SMILES string of the molecule is COc1ccc2c(O[C@@H]3C[C@H]4C(=O)C[C@]5(P(=O)(O)Cc6c(F)cccc6F)C[C@@H]5CCCCC(=O)C[C@@H](C)[C@H](CC(=O)OC5CCCC5)C(=O)N4C3)cc(-c3csc(NC(C)C)n3)nc2c1. The maximum absolute atomic E-state index is 15.2. The fraction of sp³-hybridized carbons (Fsp3) is 0.551. The van der Waals surface area contributed by atoms with Crippen molar-refractivity contribution in [1.82, 2.24) is 14.9 Å². The summed E-state index contributed by atoms with van der Waals surface area (Å²) in [7, 11) is -2.95. The molecule has 4 aliphatic rings. The number of nitrogens with zero attached hydrogens (tertiary/aromatic N) is 3. The number of fused-ring (bicyclic) bond motifs is 3. The van der Waals surface area contributed by atoms with Gasteiger partial charge in [-0.1, -0.05) is 19.4 Å². The van der Waals surface area contributed by atoms with Crippen LogP contribution in [0.2, 0.25) is 0 Å². The lowest BCUT2D eigenvalue weighted by atomic mass is 9.84. The third kappa shape index (κ3) is 10.4. The first kappa shape index (κ1) is 47.7. The molecule has 2 aromatic carbocycles. The van der Waals surface area contributed by atoms with Crippen molar-refractivity contribution in [2.45, 2.75) is 140 Å². The van der Waals surface area contributed by atoms with Crippen LogP contribution in [0.5, 0.6) is 11.5 Å². The molecule has 0 spiro atoms. The van der Waals surface area contributed by atoms with Gasteiger partial charge in [-0.25, -0.2) is 18.7 Å². The lowest BCUT2D eigenvalue weighted by Gasteiger charge is -2.32. The van der Waals surface area contributed by atoms with Crippen LogP contribution in [-0.4, -0.2) is 86.3 Å². The molecule has 0 radical (unpaired) electrons. The third-order valence-electron chi connectivity index (χ3n) is 14.0. The van der Waals surface area contributed by atoms with Gasteiger partial charge in [0.05, 0.1) is 54.6 Å². The predicted octanol–water partition coefficient (Wildman–Crippen LogP) is 9.66. The highest BCUT2D eigenvalue weighted by Crippen LogP contribution is 2.75. The van der Waals surface area contributed by atoms with Crippen molar-refractivity contribution in [3.63, 3.8) is 0 Å². The molecule has 2 aromatic heterocycles. The van der Waals surface area contributed by atoms with E-state index in [4.69, 9.17) is 24.2 Å². The average Bonchev–Trinajstić information content (AvgIpc) is 3.69. The molecule has 4 fully saturated rings. The number of ketones is 2. The minimum atomic E-state index is -4.51. The molecule has 2 saturated carbocycles. The Kier molecular flexibility index (Phi) is 14.3. The van der Waals surface area contributed by atoms with Gasteiger partial charge in [-0.05, 0) is 94.9 Å². The van der Waals surface area contributed by atoms with Crippen molar-refractivity contribution in [3.8, 4) is 22.9 Å². The number of aromatic nitrogens is 2. The lowest BCUT2D eigenvalue weighted by molar-refractivity contribution is -0.155. The molecule has 0 bridgehead atoms. The smallest absolute Gasteiger partial charge is 0.306 e. The zero-order chi connectivity index (χ0) is 46.9. The van der Waals surface area contributed by atoms with Crippen LogP contribution in [-0.2, 0) is 34.6 Å². The summed E-state index contributed by atoms with van der Waals surface area (Å²) < 4.78 is 62.9. The minimum absolute atomic E-state index is 0.00397. The van der Waals surface area contributed by atoms with Gasteiger partial charge in [0.25, 0.3) is 0 Å². The van der Waals surface area contributed by atoms with Crippen LogP contribution >= 0.6 is 18.7 Å². The van der Waals surface area contributed by atoms with E-state index in [1.165, 1.54) is 22.3 Å². The van der Waals surface area contributed by atoms with E-state index in [9.17, 15) is 19.0 Å². The molecular weight excluding hydrogens is 890 g/mol. The Bertz CT molecular complexity index is 2510. The number of amides is 1. The standard InChI is InChI=1S/C49H59F2N4O9PS/c1-28(2)52-48-54-42(27-66-48)41-22-45(35-17-16-33(62-4)19-40(35)53-41)63-34-20-43-44(57)24-49(65(60,61)26-37-38(50)14-9-15-39(37)51)23-30(49)10-5-6-11-31(56)18-29(3)36(47(59)55(43)25-34)21-46(58)64-32-12-7-8-13-32/h9,14-17,19,22,27-30,32,34,36,43H,5-8,10-13,18,20-21,23-26H2,1-4H3,(H,52,54)(H,60,61)/t29-,30+,34-,36+,43+,49-/m1/s1. The number of halogens is 2. The first-order valence-corrected chi connectivity index (χ1v) is 25.9. The number of benzene rings is 2. The number of anilines is 1. The molecule has 1 unspecified atom stereocenters. The van der Waals surface area contributed by atoms with Crippen molar-refractivity contribution in [3.05, 3.63) is 65.0 Å². The number of thiazole rings is 1. The Morgan fingerprint density at radius 3 is 2.48 bits per heavy atom. The van der Waals surface area contributed by atoms with E-state index >= 15 is 18.4 Å². The highest BCUT2D eigenvalue weighted by atomic mass is 32.1. The van der Waals surface area contributed by atoms with Crippen molar-refractivity contribution >= 4 is 58.2 Å². The summed E-state index contributed by atoms with van der Waals surface area (Å²) in [6, 6.07) is 9.39. The number of ether oxygens (including phenoxy) is 3. The summed E-state index contributed by atoms with van der Waals surface area (Å²) in [5, 5.41) is 5.05. The van der Waals surface area contributed by atoms with Crippen molar-refractivity contribution in [2.75, 3.05) is 19.0 Å². The van der Waals surface area contributed by atoms with E-state index in [1.54, 1.807) is 32.2 Å². The molecular formula is C49H59F2N4O9PS. The van der Waals surface area contributed by atoms with Gasteiger partial charge in [0, 0.05) is 60.2 Å². The lowest BCUT2D eigenvalue weighted by Crippen LogP contribution is -2.47. The molecule has 354 valence electrons. The summed E-state index contributed by atoms with van der Waals surface area (Å²) in [6.45, 7) is 5.73. The molecule has 17 heteroatoms. The van der Waals surface area contributed by atoms with E-state index < -0.39 is 89.9 Å². The molecule has 2 saturated heterocycles. The number of Topliss-reactive ketones (excluding diaryl/α,β-unsaturated/α-hetero) is 2. The van der Waals surface area contributed by atoms with E-state index in [1.807, 2.05) is 25.3 Å². The molecule has 2 aliphatic heterocycles. The van der Waals surface area contributed by atoms with Gasteiger partial charge in [0.15, 0.2) is 10.9 Å². The fourth-order valence-electron chi connectivity index (χ4n) is 10.3. The maximum atomic E-state index is 15.2. The summed E-state index contributed by atoms with van der Waals surface area (Å²) in [5.74, 6) is -4.57. The number of hydrogen-bond acceptors (Lipinski definition) is 12. The summed E-state index contributed by atoms with van der Waals surface area (Å²) >= 11 is 1.43. The highest BCUT2D eigenvalue weighted by molar-refractivity contribution is 7.59. The Labute approximate surface area is 387 Å². The van der Waals surface area contributed by atoms with Crippen LogP contribution in [0.25, 0.3) is 22.3 Å². The molecule has 66 heavy (non-hydrogen) atoms. The summed E-state index contributed by atoms with van der Waals surface area (Å²) in [5.41, 5.74) is 1.16. The summed E-state index contributed by atoms with van der Waals surface area (Å²) in [6.07, 6.45) is 2.67. The largest absolute Gasteiger partial charge is 0.497 e. The van der Waals surface area contributed by atoms with Crippen molar-refractivity contribution < 1.29 is 51.6 Å². The van der Waals surface area contributed by atoms with E-state index in [0.717, 1.165) is 37.8 Å². The number of carbonyl (C=O) groups is 4. The normalized spacial score (nSPS) is 26.3. The Balaban J connectivity index is 1.16. The first-order valence-electron chi connectivity index (χ1n) is 23.2. The van der Waals surface area contributed by atoms with Crippen LogP contribution in [0.4, 0.5) is 13.9 Å². The second-order valence-corrected chi connectivity index (χ2v) is 22.6. The van der Waals surface area contributed by atoms with Gasteiger partial charge in [-0.15, -0.1) is 11.3 Å². The number of esters is 1. The second-order valence-electron chi connectivity index (χ2n) is 19.1. The fourth-order valence-corrected chi connectivity index (χ4v) is 13.8. The molecule has 4 heterocycles. The number of rotatable bonds is 12. The molecule has 2 aliphatic carbocycles. The number of carbonyl (C=O) groups excluding carboxylic acids is 4. The van der Waals surface area contributed by atoms with Crippen LogP contribution in [0.3, 0.4) is 0 Å². The third-order valence-corrected chi connectivity index (χ3v) is 17.6. The van der Waals surface area contributed by atoms with Crippen molar-refractivity contribution in [1.29, 1.82) is 0 Å². The number of nitrogens with one attached hydrogen (secondary N) is 1. The first-order chi connectivity index (χ1) is 31.5. The zero-order valence-electron chi connectivity index (χ0n) is 37.9. The van der Waals surface area contributed by atoms with Gasteiger partial charge in [-0.3, -0.25) is 23.7 Å². The number of pyridine rings is 1. The van der Waals surface area contributed by atoms with Crippen LogP contribution < -0.4 is 14.8 Å². The van der Waals surface area contributed by atoms with Crippen LogP contribution in [0.1, 0.15) is 110 Å². The van der Waals surface area contributed by atoms with Gasteiger partial charge in [0.1, 0.15) is 46.8 Å². The van der Waals surface area contributed by atoms with Crippen LogP contribution in [0.15, 0.2) is 47.8 Å². The quantitative estimate of drug-likeness (QED) is 0.102. The highest BCUT2D eigenvalue weighted by Gasteiger charge is 2.66. The topological polar surface area (TPSA) is 174 Å².